The molecule has 1 amide bonds. The molecule has 1 aliphatic heterocycles. The van der Waals surface area contributed by atoms with Gasteiger partial charge in [-0.15, -0.1) is 0 Å². The fourth-order valence-electron chi connectivity index (χ4n) is 2.54. The predicted octanol–water partition coefficient (Wildman–Crippen LogP) is 2.30. The van der Waals surface area contributed by atoms with Gasteiger partial charge in [0.1, 0.15) is 6.61 Å². The molecule has 1 N–H and O–H groups in total. The molecule has 8 nitrogen and oxygen atoms in total. The van der Waals surface area contributed by atoms with Gasteiger partial charge in [-0.2, -0.15) is 4.98 Å². The Labute approximate surface area is 155 Å². The van der Waals surface area contributed by atoms with Crippen LogP contribution in [0.5, 0.6) is 11.5 Å². The summed E-state index contributed by atoms with van der Waals surface area (Å²) in [5.74, 6) is 1.79. The van der Waals surface area contributed by atoms with Crippen molar-refractivity contribution in [3.8, 4) is 22.9 Å². The Morgan fingerprint density at radius 1 is 1.11 bits per heavy atom. The topological polar surface area (TPSA) is 95.7 Å². The number of amides is 1. The number of carbonyl (C=O) groups excluding carboxylic acids is 1. The number of rotatable bonds is 7. The SMILES string of the molecule is O=C(COCc1ccccc1)NCc1nc(-c2ccc3c(c2)OCO3)no1. The maximum atomic E-state index is 11.9. The van der Waals surface area contributed by atoms with Gasteiger partial charge < -0.3 is 24.1 Å². The van der Waals surface area contributed by atoms with Crippen molar-refractivity contribution < 1.29 is 23.5 Å². The number of aromatic nitrogens is 2. The molecule has 2 heterocycles. The minimum absolute atomic E-state index is 0.0436. The van der Waals surface area contributed by atoms with Gasteiger partial charge in [0.05, 0.1) is 13.2 Å². The quantitative estimate of drug-likeness (QED) is 0.684. The zero-order valence-corrected chi connectivity index (χ0v) is 14.4. The zero-order valence-electron chi connectivity index (χ0n) is 14.4. The van der Waals surface area contributed by atoms with E-state index in [9.17, 15) is 4.79 Å². The molecule has 0 spiro atoms. The lowest BCUT2D eigenvalue weighted by Crippen LogP contribution is -2.27. The van der Waals surface area contributed by atoms with Crippen molar-refractivity contribution in [2.75, 3.05) is 13.4 Å². The first-order valence-corrected chi connectivity index (χ1v) is 8.39. The lowest BCUT2D eigenvalue weighted by molar-refractivity contribution is -0.126. The van der Waals surface area contributed by atoms with E-state index in [1.807, 2.05) is 36.4 Å². The third-order valence-corrected chi connectivity index (χ3v) is 3.88. The summed E-state index contributed by atoms with van der Waals surface area (Å²) in [5.41, 5.74) is 1.75. The van der Waals surface area contributed by atoms with Crippen molar-refractivity contribution in [3.05, 3.63) is 60.0 Å². The number of nitrogens with zero attached hydrogens (tertiary/aromatic N) is 2. The van der Waals surface area contributed by atoms with Crippen LogP contribution in [0.25, 0.3) is 11.4 Å². The van der Waals surface area contributed by atoms with Crippen LogP contribution >= 0.6 is 0 Å². The molecule has 0 aliphatic carbocycles. The Bertz CT molecular complexity index is 926. The van der Waals surface area contributed by atoms with E-state index in [0.717, 1.165) is 11.1 Å². The van der Waals surface area contributed by atoms with Crippen molar-refractivity contribution >= 4 is 5.91 Å². The molecule has 0 atom stereocenters. The molecule has 27 heavy (non-hydrogen) atoms. The fourth-order valence-corrected chi connectivity index (χ4v) is 2.54. The number of fused-ring (bicyclic) bond motifs is 1. The molecule has 2 aromatic carbocycles. The van der Waals surface area contributed by atoms with Gasteiger partial charge in [-0.3, -0.25) is 4.79 Å². The van der Waals surface area contributed by atoms with E-state index < -0.39 is 0 Å². The lowest BCUT2D eigenvalue weighted by atomic mass is 10.2. The highest BCUT2D eigenvalue weighted by molar-refractivity contribution is 5.77. The summed E-state index contributed by atoms with van der Waals surface area (Å²) >= 11 is 0. The van der Waals surface area contributed by atoms with Gasteiger partial charge in [-0.25, -0.2) is 0 Å². The minimum atomic E-state index is -0.256. The first kappa shape index (κ1) is 17.0. The monoisotopic (exact) mass is 367 g/mol. The summed E-state index contributed by atoms with van der Waals surface area (Å²) in [6.07, 6.45) is 0. The van der Waals surface area contributed by atoms with Crippen LogP contribution in [-0.4, -0.2) is 29.4 Å². The van der Waals surface area contributed by atoms with Crippen molar-refractivity contribution in [1.82, 2.24) is 15.5 Å². The predicted molar refractivity (Wildman–Crippen MR) is 93.8 cm³/mol. The smallest absolute Gasteiger partial charge is 0.246 e. The maximum absolute atomic E-state index is 11.9. The molecule has 0 unspecified atom stereocenters. The Balaban J connectivity index is 1.26. The summed E-state index contributed by atoms with van der Waals surface area (Å²) in [6.45, 7) is 0.668. The lowest BCUT2D eigenvalue weighted by Gasteiger charge is -2.04. The molecule has 0 fully saturated rings. The van der Waals surface area contributed by atoms with Crippen molar-refractivity contribution in [3.63, 3.8) is 0 Å². The molecule has 4 rings (SSSR count). The van der Waals surface area contributed by atoms with Crippen LogP contribution in [0.4, 0.5) is 0 Å². The van der Waals surface area contributed by atoms with E-state index in [2.05, 4.69) is 15.5 Å². The number of hydrogen-bond acceptors (Lipinski definition) is 7. The van der Waals surface area contributed by atoms with Crippen LogP contribution in [0.1, 0.15) is 11.5 Å². The van der Waals surface area contributed by atoms with Crippen LogP contribution in [0, 0.1) is 0 Å². The van der Waals surface area contributed by atoms with Crippen LogP contribution in [0.3, 0.4) is 0 Å². The molecule has 3 aromatic rings. The minimum Gasteiger partial charge on any atom is -0.454 e. The summed E-state index contributed by atoms with van der Waals surface area (Å²) in [4.78, 5) is 16.1. The summed E-state index contributed by atoms with van der Waals surface area (Å²) in [5, 5.41) is 6.61. The first-order chi connectivity index (χ1) is 13.3. The highest BCUT2D eigenvalue weighted by Gasteiger charge is 2.16. The van der Waals surface area contributed by atoms with Gasteiger partial charge in [0.25, 0.3) is 0 Å². The van der Waals surface area contributed by atoms with Gasteiger partial charge in [0.15, 0.2) is 11.5 Å². The molecule has 0 saturated carbocycles. The molecule has 138 valence electrons. The third-order valence-electron chi connectivity index (χ3n) is 3.88. The zero-order chi connectivity index (χ0) is 18.5. The second-order valence-electron chi connectivity index (χ2n) is 5.83. The summed E-state index contributed by atoms with van der Waals surface area (Å²) < 4.78 is 21.2. The highest BCUT2D eigenvalue weighted by Crippen LogP contribution is 2.35. The number of hydrogen-bond donors (Lipinski definition) is 1. The van der Waals surface area contributed by atoms with Gasteiger partial charge in [-0.05, 0) is 23.8 Å². The molecular weight excluding hydrogens is 350 g/mol. The number of benzene rings is 2. The van der Waals surface area contributed by atoms with E-state index in [4.69, 9.17) is 18.7 Å². The second-order valence-corrected chi connectivity index (χ2v) is 5.83. The molecule has 0 saturated heterocycles. The van der Waals surface area contributed by atoms with Gasteiger partial charge >= 0.3 is 0 Å². The second kappa shape index (κ2) is 7.88. The standard InChI is InChI=1S/C19H17N3O5/c23-17(11-24-10-13-4-2-1-3-5-13)20-9-18-21-19(22-27-18)14-6-7-15-16(8-14)26-12-25-15/h1-8H,9-12H2,(H,20,23). The average Bonchev–Trinajstić information content (AvgIpc) is 3.36. The van der Waals surface area contributed by atoms with Crippen molar-refractivity contribution in [2.45, 2.75) is 13.2 Å². The van der Waals surface area contributed by atoms with Crippen molar-refractivity contribution in [2.24, 2.45) is 0 Å². The Morgan fingerprint density at radius 2 is 1.96 bits per heavy atom. The van der Waals surface area contributed by atoms with Crippen molar-refractivity contribution in [1.29, 1.82) is 0 Å². The summed E-state index contributed by atoms with van der Waals surface area (Å²) in [7, 11) is 0. The highest BCUT2D eigenvalue weighted by atomic mass is 16.7. The van der Waals surface area contributed by atoms with E-state index in [0.29, 0.717) is 29.8 Å². The molecule has 0 radical (unpaired) electrons. The van der Waals surface area contributed by atoms with E-state index in [1.165, 1.54) is 0 Å². The molecule has 8 heteroatoms. The van der Waals surface area contributed by atoms with Crippen LogP contribution < -0.4 is 14.8 Å². The normalized spacial score (nSPS) is 12.1. The molecule has 1 aliphatic rings. The number of ether oxygens (including phenoxy) is 3. The Morgan fingerprint density at radius 3 is 2.85 bits per heavy atom. The Kier molecular flexibility index (Phi) is 4.97. The van der Waals surface area contributed by atoms with Gasteiger partial charge in [-0.1, -0.05) is 35.5 Å². The molecular formula is C19H17N3O5. The number of nitrogens with one attached hydrogen (secondary N) is 1. The molecule has 0 bridgehead atoms. The van der Waals surface area contributed by atoms with E-state index in [-0.39, 0.29) is 25.9 Å². The van der Waals surface area contributed by atoms with Crippen LogP contribution in [0.2, 0.25) is 0 Å². The maximum Gasteiger partial charge on any atom is 0.246 e. The summed E-state index contributed by atoms with van der Waals surface area (Å²) in [6, 6.07) is 15.0. The largest absolute Gasteiger partial charge is 0.454 e. The number of carbonyl (C=O) groups is 1. The fraction of sp³-hybridized carbons (Fsp3) is 0.211. The average molecular weight is 367 g/mol. The Hall–Kier alpha value is -3.39. The van der Waals surface area contributed by atoms with Gasteiger partial charge in [0, 0.05) is 5.56 Å². The van der Waals surface area contributed by atoms with E-state index in [1.54, 1.807) is 12.1 Å². The first-order valence-electron chi connectivity index (χ1n) is 8.39. The van der Waals surface area contributed by atoms with Crippen LogP contribution in [0.15, 0.2) is 53.1 Å². The van der Waals surface area contributed by atoms with Crippen LogP contribution in [-0.2, 0) is 22.7 Å². The third kappa shape index (κ3) is 4.24. The van der Waals surface area contributed by atoms with Gasteiger partial charge in [0.2, 0.25) is 24.4 Å². The molecule has 1 aromatic heterocycles. The van der Waals surface area contributed by atoms with E-state index >= 15 is 0 Å².